The molecule has 0 bridgehead atoms. The Hall–Kier alpha value is -3.73. The molecule has 0 heterocycles. The molecule has 5 nitrogen and oxygen atoms in total. The van der Waals surface area contributed by atoms with Crippen molar-refractivity contribution in [3.8, 4) is 0 Å². The molecule has 1 N–H and O–H groups in total. The van der Waals surface area contributed by atoms with Crippen molar-refractivity contribution in [3.63, 3.8) is 0 Å². The SMILES string of the molecule is COC(=O)[C@@H](Cc1ccc(C(=O)c2ccccc2)cc1)NC(=O)c1cc(C)cc(C)c1. The van der Waals surface area contributed by atoms with Gasteiger partial charge in [0, 0.05) is 23.1 Å². The van der Waals surface area contributed by atoms with Crippen molar-refractivity contribution in [1.29, 1.82) is 0 Å². The molecule has 158 valence electrons. The molecule has 0 saturated heterocycles. The molecule has 1 atom stereocenters. The Bertz CT molecular complexity index is 1070. The summed E-state index contributed by atoms with van der Waals surface area (Å²) >= 11 is 0. The van der Waals surface area contributed by atoms with Gasteiger partial charge in [-0.15, -0.1) is 0 Å². The monoisotopic (exact) mass is 415 g/mol. The van der Waals surface area contributed by atoms with Crippen LogP contribution in [0.2, 0.25) is 0 Å². The molecule has 0 aliphatic heterocycles. The van der Waals surface area contributed by atoms with Crippen LogP contribution in [0.15, 0.2) is 72.8 Å². The number of esters is 1. The number of aryl methyl sites for hydroxylation is 2. The Morgan fingerprint density at radius 3 is 1.97 bits per heavy atom. The summed E-state index contributed by atoms with van der Waals surface area (Å²) in [7, 11) is 1.29. The van der Waals surface area contributed by atoms with Gasteiger partial charge < -0.3 is 10.1 Å². The van der Waals surface area contributed by atoms with E-state index in [9.17, 15) is 14.4 Å². The van der Waals surface area contributed by atoms with Gasteiger partial charge in [-0.25, -0.2) is 4.79 Å². The zero-order valence-electron chi connectivity index (χ0n) is 17.8. The fraction of sp³-hybridized carbons (Fsp3) is 0.192. The third kappa shape index (κ3) is 5.66. The lowest BCUT2D eigenvalue weighted by molar-refractivity contribution is -0.142. The number of ketones is 1. The molecule has 0 radical (unpaired) electrons. The van der Waals surface area contributed by atoms with E-state index in [4.69, 9.17) is 4.74 Å². The van der Waals surface area contributed by atoms with Crippen LogP contribution in [-0.4, -0.2) is 30.8 Å². The number of carbonyl (C=O) groups is 3. The van der Waals surface area contributed by atoms with Crippen LogP contribution in [-0.2, 0) is 16.0 Å². The molecule has 3 aromatic rings. The van der Waals surface area contributed by atoms with Gasteiger partial charge in [-0.05, 0) is 31.5 Å². The number of carbonyl (C=O) groups excluding carboxylic acids is 3. The number of amides is 1. The van der Waals surface area contributed by atoms with Gasteiger partial charge in [-0.1, -0.05) is 71.8 Å². The van der Waals surface area contributed by atoms with E-state index < -0.39 is 12.0 Å². The predicted octanol–water partition coefficient (Wildman–Crippen LogP) is 4.05. The average molecular weight is 415 g/mol. The summed E-state index contributed by atoms with van der Waals surface area (Å²) in [6.07, 6.45) is 0.253. The van der Waals surface area contributed by atoms with Gasteiger partial charge in [-0.2, -0.15) is 0 Å². The summed E-state index contributed by atoms with van der Waals surface area (Å²) in [5.74, 6) is -0.931. The minimum absolute atomic E-state index is 0.0696. The van der Waals surface area contributed by atoms with E-state index in [1.54, 1.807) is 48.5 Å². The first-order valence-electron chi connectivity index (χ1n) is 10.0. The van der Waals surface area contributed by atoms with Crippen LogP contribution in [0.1, 0.15) is 43.0 Å². The van der Waals surface area contributed by atoms with Crippen LogP contribution in [0.4, 0.5) is 0 Å². The predicted molar refractivity (Wildman–Crippen MR) is 119 cm³/mol. The van der Waals surface area contributed by atoms with Crippen LogP contribution in [0.3, 0.4) is 0 Å². The second-order valence-electron chi connectivity index (χ2n) is 7.52. The molecule has 5 heteroatoms. The maximum Gasteiger partial charge on any atom is 0.328 e. The van der Waals surface area contributed by atoms with Gasteiger partial charge in [0.25, 0.3) is 5.91 Å². The summed E-state index contributed by atoms with van der Waals surface area (Å²) in [4.78, 5) is 37.6. The average Bonchev–Trinajstić information content (AvgIpc) is 2.78. The van der Waals surface area contributed by atoms with E-state index in [1.807, 2.05) is 38.1 Å². The smallest absolute Gasteiger partial charge is 0.328 e. The van der Waals surface area contributed by atoms with Crippen molar-refractivity contribution in [1.82, 2.24) is 5.32 Å². The Morgan fingerprint density at radius 1 is 0.806 bits per heavy atom. The van der Waals surface area contributed by atoms with E-state index in [0.717, 1.165) is 16.7 Å². The number of rotatable bonds is 7. The van der Waals surface area contributed by atoms with E-state index in [-0.39, 0.29) is 18.1 Å². The maximum absolute atomic E-state index is 12.7. The largest absolute Gasteiger partial charge is 0.467 e. The van der Waals surface area contributed by atoms with Gasteiger partial charge in [0.05, 0.1) is 7.11 Å². The lowest BCUT2D eigenvalue weighted by atomic mass is 9.99. The minimum Gasteiger partial charge on any atom is -0.467 e. The third-order valence-corrected chi connectivity index (χ3v) is 4.97. The van der Waals surface area contributed by atoms with Crippen molar-refractivity contribution in [2.45, 2.75) is 26.3 Å². The van der Waals surface area contributed by atoms with Crippen LogP contribution in [0.5, 0.6) is 0 Å². The maximum atomic E-state index is 12.7. The highest BCUT2D eigenvalue weighted by atomic mass is 16.5. The molecule has 1 amide bonds. The van der Waals surface area contributed by atoms with Crippen molar-refractivity contribution >= 4 is 17.7 Å². The van der Waals surface area contributed by atoms with Crippen molar-refractivity contribution in [2.75, 3.05) is 7.11 Å². The standard InChI is InChI=1S/C26H25NO4/c1-17-13-18(2)15-22(14-17)25(29)27-23(26(30)31-3)16-19-9-11-21(12-10-19)24(28)20-7-5-4-6-8-20/h4-15,23H,16H2,1-3H3,(H,27,29)/t23-/m1/s1. The van der Waals surface area contributed by atoms with Crippen molar-refractivity contribution in [3.05, 3.63) is 106 Å². The van der Waals surface area contributed by atoms with Crippen LogP contribution >= 0.6 is 0 Å². The zero-order chi connectivity index (χ0) is 22.4. The van der Waals surface area contributed by atoms with Gasteiger partial charge in [0.2, 0.25) is 0 Å². The Kier molecular flexibility index (Phi) is 6.98. The molecule has 31 heavy (non-hydrogen) atoms. The topological polar surface area (TPSA) is 72.5 Å². The Morgan fingerprint density at radius 2 is 1.39 bits per heavy atom. The van der Waals surface area contributed by atoms with Gasteiger partial charge in [0.15, 0.2) is 5.78 Å². The molecule has 0 aliphatic carbocycles. The number of benzene rings is 3. The highest BCUT2D eigenvalue weighted by molar-refractivity contribution is 6.08. The highest BCUT2D eigenvalue weighted by Gasteiger charge is 2.23. The first-order valence-corrected chi connectivity index (χ1v) is 10.0. The molecule has 0 saturated carbocycles. The number of ether oxygens (including phenoxy) is 1. The van der Waals surface area contributed by atoms with Crippen molar-refractivity contribution in [2.24, 2.45) is 0 Å². The molecule has 0 unspecified atom stereocenters. The number of hydrogen-bond acceptors (Lipinski definition) is 4. The van der Waals surface area contributed by atoms with Gasteiger partial charge in [0.1, 0.15) is 6.04 Å². The van der Waals surface area contributed by atoms with Crippen LogP contribution < -0.4 is 5.32 Å². The second-order valence-corrected chi connectivity index (χ2v) is 7.52. The van der Waals surface area contributed by atoms with Gasteiger partial charge >= 0.3 is 5.97 Å². The quantitative estimate of drug-likeness (QED) is 0.467. The van der Waals surface area contributed by atoms with E-state index >= 15 is 0 Å². The summed E-state index contributed by atoms with van der Waals surface area (Å²) in [5, 5.41) is 2.77. The van der Waals surface area contributed by atoms with Gasteiger partial charge in [-0.3, -0.25) is 9.59 Å². The van der Waals surface area contributed by atoms with E-state index in [0.29, 0.717) is 16.7 Å². The Labute approximate surface area is 182 Å². The summed E-state index contributed by atoms with van der Waals surface area (Å²) < 4.78 is 4.88. The normalized spacial score (nSPS) is 11.5. The Balaban J connectivity index is 1.74. The number of hydrogen-bond donors (Lipinski definition) is 1. The molecular weight excluding hydrogens is 390 g/mol. The fourth-order valence-electron chi connectivity index (χ4n) is 3.47. The number of nitrogens with one attached hydrogen (secondary N) is 1. The van der Waals surface area contributed by atoms with Crippen molar-refractivity contribution < 1.29 is 19.1 Å². The summed E-state index contributed by atoms with van der Waals surface area (Å²) in [6.45, 7) is 3.83. The van der Waals surface area contributed by atoms with Crippen LogP contribution in [0, 0.1) is 13.8 Å². The zero-order valence-corrected chi connectivity index (χ0v) is 17.8. The molecule has 0 aliphatic rings. The first-order chi connectivity index (χ1) is 14.9. The minimum atomic E-state index is -0.839. The van der Waals surface area contributed by atoms with Crippen LogP contribution in [0.25, 0.3) is 0 Å². The summed E-state index contributed by atoms with van der Waals surface area (Å²) in [6, 6.07) is 20.8. The summed E-state index contributed by atoms with van der Waals surface area (Å²) in [5.41, 5.74) is 4.42. The molecule has 3 rings (SSSR count). The second kappa shape index (κ2) is 9.85. The highest BCUT2D eigenvalue weighted by Crippen LogP contribution is 2.14. The molecule has 0 aromatic heterocycles. The molecule has 3 aromatic carbocycles. The third-order valence-electron chi connectivity index (χ3n) is 4.97. The number of methoxy groups -OCH3 is 1. The lowest BCUT2D eigenvalue weighted by Crippen LogP contribution is -2.43. The van der Waals surface area contributed by atoms with E-state index in [2.05, 4.69) is 5.32 Å². The molecule has 0 fully saturated rings. The van der Waals surface area contributed by atoms with E-state index in [1.165, 1.54) is 7.11 Å². The molecule has 0 spiro atoms. The molecular formula is C26H25NO4. The first kappa shape index (κ1) is 22.0. The lowest BCUT2D eigenvalue weighted by Gasteiger charge is -2.17. The fourth-order valence-corrected chi connectivity index (χ4v) is 3.47.